The SMILES string of the molecule is CCn1nc(C)cc1CC(=O)c1cc2c(s1)CCSC2. The van der Waals surface area contributed by atoms with Crippen molar-refractivity contribution in [3.63, 3.8) is 0 Å². The molecule has 2 aromatic rings. The number of fused-ring (bicyclic) bond motifs is 1. The van der Waals surface area contributed by atoms with Crippen molar-refractivity contribution in [1.82, 2.24) is 9.78 Å². The number of hydrogen-bond acceptors (Lipinski definition) is 4. The van der Waals surface area contributed by atoms with Crippen LogP contribution in [0.5, 0.6) is 0 Å². The zero-order valence-electron chi connectivity index (χ0n) is 11.8. The molecule has 0 fully saturated rings. The van der Waals surface area contributed by atoms with E-state index in [4.69, 9.17) is 0 Å². The fourth-order valence-corrected chi connectivity index (χ4v) is 4.86. The summed E-state index contributed by atoms with van der Waals surface area (Å²) >= 11 is 3.65. The summed E-state index contributed by atoms with van der Waals surface area (Å²) in [6.07, 6.45) is 1.57. The van der Waals surface area contributed by atoms with Gasteiger partial charge in [-0.3, -0.25) is 9.48 Å². The highest BCUT2D eigenvalue weighted by Gasteiger charge is 2.18. The molecular formula is C15H18N2OS2. The highest BCUT2D eigenvalue weighted by Crippen LogP contribution is 2.32. The summed E-state index contributed by atoms with van der Waals surface area (Å²) in [7, 11) is 0. The van der Waals surface area contributed by atoms with Crippen molar-refractivity contribution < 1.29 is 4.79 Å². The van der Waals surface area contributed by atoms with Crippen molar-refractivity contribution in [3.8, 4) is 0 Å². The second-order valence-electron chi connectivity index (χ2n) is 5.05. The Balaban J connectivity index is 1.80. The van der Waals surface area contributed by atoms with Crippen LogP contribution >= 0.6 is 23.1 Å². The maximum Gasteiger partial charge on any atom is 0.178 e. The Morgan fingerprint density at radius 1 is 1.45 bits per heavy atom. The molecule has 20 heavy (non-hydrogen) atoms. The highest BCUT2D eigenvalue weighted by atomic mass is 32.2. The molecule has 0 unspecified atom stereocenters. The van der Waals surface area contributed by atoms with Crippen LogP contribution < -0.4 is 0 Å². The summed E-state index contributed by atoms with van der Waals surface area (Å²) in [6.45, 7) is 4.84. The first-order chi connectivity index (χ1) is 9.67. The molecule has 0 atom stereocenters. The minimum absolute atomic E-state index is 0.226. The van der Waals surface area contributed by atoms with Crippen molar-refractivity contribution in [2.24, 2.45) is 0 Å². The molecule has 106 valence electrons. The first-order valence-corrected chi connectivity index (χ1v) is 8.90. The second kappa shape index (κ2) is 5.74. The molecule has 5 heteroatoms. The van der Waals surface area contributed by atoms with Crippen LogP contribution in [-0.4, -0.2) is 21.3 Å². The van der Waals surface area contributed by atoms with Crippen LogP contribution in [0, 0.1) is 6.92 Å². The molecule has 0 spiro atoms. The van der Waals surface area contributed by atoms with Crippen molar-refractivity contribution in [2.45, 2.75) is 39.0 Å². The van der Waals surface area contributed by atoms with Gasteiger partial charge >= 0.3 is 0 Å². The molecule has 3 heterocycles. The van der Waals surface area contributed by atoms with E-state index in [9.17, 15) is 4.79 Å². The van der Waals surface area contributed by atoms with E-state index in [1.165, 1.54) is 16.2 Å². The van der Waals surface area contributed by atoms with Gasteiger partial charge < -0.3 is 0 Å². The molecule has 2 aromatic heterocycles. The number of aromatic nitrogens is 2. The van der Waals surface area contributed by atoms with Crippen LogP contribution in [-0.2, 0) is 25.1 Å². The lowest BCUT2D eigenvalue weighted by molar-refractivity contribution is 0.0994. The second-order valence-corrected chi connectivity index (χ2v) is 7.30. The van der Waals surface area contributed by atoms with Gasteiger partial charge in [0.2, 0.25) is 0 Å². The van der Waals surface area contributed by atoms with Crippen LogP contribution in [0.2, 0.25) is 0 Å². The largest absolute Gasteiger partial charge is 0.293 e. The van der Waals surface area contributed by atoms with Gasteiger partial charge in [-0.05, 0) is 43.7 Å². The molecule has 0 saturated heterocycles. The number of ketones is 1. The van der Waals surface area contributed by atoms with Crippen molar-refractivity contribution in [1.29, 1.82) is 0 Å². The summed E-state index contributed by atoms with van der Waals surface area (Å²) < 4.78 is 1.93. The number of carbonyl (C=O) groups is 1. The van der Waals surface area contributed by atoms with E-state index in [1.807, 2.05) is 29.4 Å². The third-order valence-corrected chi connectivity index (χ3v) is 5.82. The van der Waals surface area contributed by atoms with Crippen LogP contribution in [0.15, 0.2) is 12.1 Å². The van der Waals surface area contributed by atoms with E-state index in [1.54, 1.807) is 11.3 Å². The molecule has 0 saturated carbocycles. The van der Waals surface area contributed by atoms with E-state index in [0.29, 0.717) is 6.42 Å². The number of Topliss-reactive ketones (excluding diaryl/α,β-unsaturated/α-hetero) is 1. The number of aryl methyl sites for hydroxylation is 3. The van der Waals surface area contributed by atoms with E-state index in [-0.39, 0.29) is 5.78 Å². The predicted molar refractivity (Wildman–Crippen MR) is 84.9 cm³/mol. The zero-order chi connectivity index (χ0) is 14.1. The van der Waals surface area contributed by atoms with E-state index in [0.717, 1.165) is 35.0 Å². The molecular weight excluding hydrogens is 288 g/mol. The number of rotatable bonds is 4. The van der Waals surface area contributed by atoms with Gasteiger partial charge in [0.05, 0.1) is 17.0 Å². The smallest absolute Gasteiger partial charge is 0.178 e. The Hall–Kier alpha value is -1.07. The zero-order valence-corrected chi connectivity index (χ0v) is 13.4. The van der Waals surface area contributed by atoms with Gasteiger partial charge in [0.15, 0.2) is 5.78 Å². The fraction of sp³-hybridized carbons (Fsp3) is 0.467. The molecule has 0 radical (unpaired) electrons. The predicted octanol–water partition coefficient (Wildman–Crippen LogP) is 3.49. The number of thioether (sulfide) groups is 1. The molecule has 0 bridgehead atoms. The Kier molecular flexibility index (Phi) is 3.98. The monoisotopic (exact) mass is 306 g/mol. The Labute approximate surface area is 127 Å². The highest BCUT2D eigenvalue weighted by molar-refractivity contribution is 7.98. The summed E-state index contributed by atoms with van der Waals surface area (Å²) in [5.74, 6) is 2.47. The number of carbonyl (C=O) groups excluding carboxylic acids is 1. The molecule has 0 N–H and O–H groups in total. The van der Waals surface area contributed by atoms with Crippen molar-refractivity contribution in [3.05, 3.63) is 38.8 Å². The lowest BCUT2D eigenvalue weighted by Gasteiger charge is -2.08. The lowest BCUT2D eigenvalue weighted by Crippen LogP contribution is -2.08. The van der Waals surface area contributed by atoms with Gasteiger partial charge in [0, 0.05) is 22.9 Å². The molecule has 3 nitrogen and oxygen atoms in total. The number of nitrogens with zero attached hydrogens (tertiary/aromatic N) is 2. The van der Waals surface area contributed by atoms with E-state index >= 15 is 0 Å². The lowest BCUT2D eigenvalue weighted by atomic mass is 10.1. The summed E-state index contributed by atoms with van der Waals surface area (Å²) in [4.78, 5) is 14.8. The Morgan fingerprint density at radius 3 is 3.05 bits per heavy atom. The Bertz CT molecular complexity index is 619. The fourth-order valence-electron chi connectivity index (χ4n) is 2.55. The topological polar surface area (TPSA) is 34.9 Å². The molecule has 0 amide bonds. The average Bonchev–Trinajstić information content (AvgIpc) is 3.01. The molecule has 1 aliphatic heterocycles. The van der Waals surface area contributed by atoms with Crippen LogP contribution in [0.1, 0.15) is 38.4 Å². The van der Waals surface area contributed by atoms with E-state index < -0.39 is 0 Å². The summed E-state index contributed by atoms with van der Waals surface area (Å²) in [5.41, 5.74) is 3.38. The molecule has 0 aromatic carbocycles. The average molecular weight is 306 g/mol. The standard InChI is InChI=1S/C15H18N2OS2/c1-3-17-12(6-10(2)16-17)8-13(18)15-7-11-9-19-5-4-14(11)20-15/h6-7H,3-5,8-9H2,1-2H3. The van der Waals surface area contributed by atoms with Crippen LogP contribution in [0.25, 0.3) is 0 Å². The van der Waals surface area contributed by atoms with Gasteiger partial charge in [0.1, 0.15) is 0 Å². The quantitative estimate of drug-likeness (QED) is 0.811. The van der Waals surface area contributed by atoms with Gasteiger partial charge in [-0.2, -0.15) is 16.9 Å². The van der Waals surface area contributed by atoms with Gasteiger partial charge in [-0.1, -0.05) is 0 Å². The van der Waals surface area contributed by atoms with Crippen LogP contribution in [0.3, 0.4) is 0 Å². The van der Waals surface area contributed by atoms with Crippen molar-refractivity contribution >= 4 is 28.9 Å². The maximum atomic E-state index is 12.5. The molecule has 0 aliphatic carbocycles. The van der Waals surface area contributed by atoms with Gasteiger partial charge in [0.25, 0.3) is 0 Å². The van der Waals surface area contributed by atoms with Gasteiger partial charge in [-0.25, -0.2) is 0 Å². The van der Waals surface area contributed by atoms with E-state index in [2.05, 4.69) is 18.1 Å². The summed E-state index contributed by atoms with van der Waals surface area (Å²) in [5, 5.41) is 4.41. The number of thiophene rings is 1. The minimum atomic E-state index is 0.226. The van der Waals surface area contributed by atoms with Crippen molar-refractivity contribution in [2.75, 3.05) is 5.75 Å². The maximum absolute atomic E-state index is 12.5. The first-order valence-electron chi connectivity index (χ1n) is 6.93. The Morgan fingerprint density at radius 2 is 2.30 bits per heavy atom. The number of hydrogen-bond donors (Lipinski definition) is 0. The van der Waals surface area contributed by atoms with Gasteiger partial charge in [-0.15, -0.1) is 11.3 Å². The minimum Gasteiger partial charge on any atom is -0.293 e. The third-order valence-electron chi connectivity index (χ3n) is 3.53. The first kappa shape index (κ1) is 13.9. The normalized spacial score (nSPS) is 14.3. The van der Waals surface area contributed by atoms with Crippen LogP contribution in [0.4, 0.5) is 0 Å². The molecule has 1 aliphatic rings. The third kappa shape index (κ3) is 2.69. The molecule has 3 rings (SSSR count). The summed E-state index contributed by atoms with van der Waals surface area (Å²) in [6, 6.07) is 4.12.